The number of hydrogen-bond acceptors (Lipinski definition) is 0. The molecule has 0 bridgehead atoms. The Morgan fingerprint density at radius 2 is 1.22 bits per heavy atom. The van der Waals surface area contributed by atoms with Crippen molar-refractivity contribution in [3.05, 3.63) is 47.5 Å². The summed E-state index contributed by atoms with van der Waals surface area (Å²) in [5.74, 6) is 0.678. The zero-order chi connectivity index (χ0) is 19.3. The monoisotopic (exact) mass is 366 g/mol. The summed E-state index contributed by atoms with van der Waals surface area (Å²) < 4.78 is 0. The van der Waals surface area contributed by atoms with Crippen molar-refractivity contribution in [3.8, 4) is 0 Å². The van der Waals surface area contributed by atoms with Gasteiger partial charge in [-0.15, -0.1) is 0 Å². The molecule has 0 radical (unpaired) electrons. The fourth-order valence-electron chi connectivity index (χ4n) is 4.42. The van der Waals surface area contributed by atoms with Gasteiger partial charge in [-0.05, 0) is 41.2 Å². The van der Waals surface area contributed by atoms with Gasteiger partial charge in [0.25, 0.3) is 0 Å². The molecule has 150 valence electrons. The molecule has 0 saturated heterocycles. The van der Waals surface area contributed by atoms with Gasteiger partial charge in [0.05, 0.1) is 0 Å². The summed E-state index contributed by atoms with van der Waals surface area (Å²) in [6.07, 6.45) is 18.5. The molecule has 1 unspecified atom stereocenters. The maximum absolute atomic E-state index is 2.41. The lowest BCUT2D eigenvalue weighted by Crippen LogP contribution is -1.98. The third kappa shape index (κ3) is 7.68. The molecule has 0 nitrogen and oxygen atoms in total. The highest BCUT2D eigenvalue weighted by Crippen LogP contribution is 2.30. The van der Waals surface area contributed by atoms with Crippen molar-refractivity contribution in [2.45, 2.75) is 110 Å². The van der Waals surface area contributed by atoms with E-state index in [4.69, 9.17) is 0 Å². The minimum atomic E-state index is 0.678. The first-order valence-corrected chi connectivity index (χ1v) is 11.7. The Labute approximate surface area is 168 Å². The van der Waals surface area contributed by atoms with E-state index in [1.807, 2.05) is 0 Å². The average molecular weight is 367 g/mol. The highest BCUT2D eigenvalue weighted by molar-refractivity contribution is 5.86. The zero-order valence-electron chi connectivity index (χ0n) is 18.2. The number of unbranched alkanes of at least 4 members (excludes halogenated alkanes) is 11. The van der Waals surface area contributed by atoms with E-state index >= 15 is 0 Å². The Morgan fingerprint density at radius 3 is 1.85 bits per heavy atom. The molecule has 0 spiro atoms. The number of benzene rings is 2. The maximum atomic E-state index is 2.41. The van der Waals surface area contributed by atoms with E-state index in [1.165, 1.54) is 99.8 Å². The standard InChI is InChI=1S/C27H42/c1-4-5-6-7-8-9-10-11-12-13-14-15-18-23(2)26-22-21-25-19-16-17-20-27(25)24(26)3/h16-17,19-23H,4-15,18H2,1-3H3. The van der Waals surface area contributed by atoms with Gasteiger partial charge in [-0.1, -0.05) is 127 Å². The molecule has 1 atom stereocenters. The molecule has 27 heavy (non-hydrogen) atoms. The van der Waals surface area contributed by atoms with Crippen LogP contribution in [0.15, 0.2) is 36.4 Å². The van der Waals surface area contributed by atoms with Crippen molar-refractivity contribution in [2.24, 2.45) is 0 Å². The summed E-state index contributed by atoms with van der Waals surface area (Å²) in [5, 5.41) is 2.80. The van der Waals surface area contributed by atoms with E-state index in [-0.39, 0.29) is 0 Å². The number of fused-ring (bicyclic) bond motifs is 1. The van der Waals surface area contributed by atoms with Crippen molar-refractivity contribution >= 4 is 10.8 Å². The minimum Gasteiger partial charge on any atom is -0.0654 e. The lowest BCUT2D eigenvalue weighted by atomic mass is 9.89. The highest BCUT2D eigenvalue weighted by Gasteiger charge is 2.10. The molecular weight excluding hydrogens is 324 g/mol. The largest absolute Gasteiger partial charge is 0.0654 e. The quantitative estimate of drug-likeness (QED) is 0.292. The van der Waals surface area contributed by atoms with Crippen LogP contribution in [0.3, 0.4) is 0 Å². The minimum absolute atomic E-state index is 0.678. The van der Waals surface area contributed by atoms with Gasteiger partial charge < -0.3 is 0 Å². The van der Waals surface area contributed by atoms with Gasteiger partial charge in [-0.25, -0.2) is 0 Å². The second kappa shape index (κ2) is 13.0. The third-order valence-corrected chi connectivity index (χ3v) is 6.26. The first-order valence-electron chi connectivity index (χ1n) is 11.7. The van der Waals surface area contributed by atoms with Gasteiger partial charge in [-0.2, -0.15) is 0 Å². The molecule has 0 aliphatic rings. The lowest BCUT2D eigenvalue weighted by Gasteiger charge is -2.16. The van der Waals surface area contributed by atoms with Crippen LogP contribution < -0.4 is 0 Å². The van der Waals surface area contributed by atoms with Crippen molar-refractivity contribution < 1.29 is 0 Å². The van der Waals surface area contributed by atoms with Crippen LogP contribution in [0.5, 0.6) is 0 Å². The summed E-state index contributed by atoms with van der Waals surface area (Å²) in [7, 11) is 0. The van der Waals surface area contributed by atoms with Crippen LogP contribution >= 0.6 is 0 Å². The van der Waals surface area contributed by atoms with Crippen LogP contribution in [0, 0.1) is 6.92 Å². The topological polar surface area (TPSA) is 0 Å². The van der Waals surface area contributed by atoms with E-state index in [1.54, 1.807) is 5.56 Å². The maximum Gasteiger partial charge on any atom is -0.0152 e. The number of aryl methyl sites for hydroxylation is 1. The van der Waals surface area contributed by atoms with E-state index in [9.17, 15) is 0 Å². The van der Waals surface area contributed by atoms with Crippen molar-refractivity contribution in [1.29, 1.82) is 0 Å². The van der Waals surface area contributed by atoms with E-state index < -0.39 is 0 Å². The second-order valence-corrected chi connectivity index (χ2v) is 8.58. The highest BCUT2D eigenvalue weighted by atomic mass is 14.1. The second-order valence-electron chi connectivity index (χ2n) is 8.58. The summed E-state index contributed by atoms with van der Waals surface area (Å²) in [5.41, 5.74) is 3.04. The van der Waals surface area contributed by atoms with Gasteiger partial charge in [0, 0.05) is 0 Å². The summed E-state index contributed by atoms with van der Waals surface area (Å²) in [4.78, 5) is 0. The van der Waals surface area contributed by atoms with Crippen molar-refractivity contribution in [1.82, 2.24) is 0 Å². The first kappa shape index (κ1) is 22.0. The molecule has 0 aliphatic carbocycles. The molecule has 0 aliphatic heterocycles. The fourth-order valence-corrected chi connectivity index (χ4v) is 4.42. The van der Waals surface area contributed by atoms with Crippen molar-refractivity contribution in [2.75, 3.05) is 0 Å². The lowest BCUT2D eigenvalue weighted by molar-refractivity contribution is 0.528. The van der Waals surface area contributed by atoms with Crippen molar-refractivity contribution in [3.63, 3.8) is 0 Å². The number of rotatable bonds is 14. The molecule has 0 heteroatoms. The smallest absolute Gasteiger partial charge is 0.0152 e. The molecule has 0 N–H and O–H groups in total. The van der Waals surface area contributed by atoms with Crippen LogP contribution in [0.1, 0.15) is 114 Å². The predicted molar refractivity (Wildman–Crippen MR) is 123 cm³/mol. The molecular formula is C27H42. The third-order valence-electron chi connectivity index (χ3n) is 6.26. The van der Waals surface area contributed by atoms with E-state index in [0.29, 0.717) is 5.92 Å². The molecule has 2 rings (SSSR count). The molecule has 0 aromatic heterocycles. The SMILES string of the molecule is CCCCCCCCCCCCCCC(C)c1ccc2ccccc2c1C. The molecule has 0 fully saturated rings. The van der Waals surface area contributed by atoms with Crippen LogP contribution in [0.4, 0.5) is 0 Å². The Hall–Kier alpha value is -1.30. The van der Waals surface area contributed by atoms with Gasteiger partial charge in [0.15, 0.2) is 0 Å². The molecule has 0 saturated carbocycles. The van der Waals surface area contributed by atoms with Crippen LogP contribution in [0.2, 0.25) is 0 Å². The zero-order valence-corrected chi connectivity index (χ0v) is 18.2. The molecule has 0 heterocycles. The normalized spacial score (nSPS) is 12.6. The summed E-state index contributed by atoms with van der Waals surface area (Å²) in [6.45, 7) is 7.01. The molecule has 2 aromatic carbocycles. The number of hydrogen-bond donors (Lipinski definition) is 0. The fraction of sp³-hybridized carbons (Fsp3) is 0.630. The Kier molecular flexibility index (Phi) is 10.6. The van der Waals surface area contributed by atoms with E-state index in [2.05, 4.69) is 57.2 Å². The average Bonchev–Trinajstić information content (AvgIpc) is 2.69. The first-order chi connectivity index (χ1) is 13.2. The molecule has 0 amide bonds. The van der Waals surface area contributed by atoms with Crippen LogP contribution in [-0.2, 0) is 0 Å². The summed E-state index contributed by atoms with van der Waals surface area (Å²) >= 11 is 0. The Balaban J connectivity index is 1.56. The molecule has 2 aromatic rings. The van der Waals surface area contributed by atoms with Gasteiger partial charge in [0.2, 0.25) is 0 Å². The Bertz CT molecular complexity index is 640. The van der Waals surface area contributed by atoms with Crippen LogP contribution in [0.25, 0.3) is 10.8 Å². The van der Waals surface area contributed by atoms with Gasteiger partial charge in [0.1, 0.15) is 0 Å². The summed E-state index contributed by atoms with van der Waals surface area (Å²) in [6, 6.07) is 13.5. The van der Waals surface area contributed by atoms with Gasteiger partial charge >= 0.3 is 0 Å². The Morgan fingerprint density at radius 1 is 0.667 bits per heavy atom. The van der Waals surface area contributed by atoms with E-state index in [0.717, 1.165) is 0 Å². The van der Waals surface area contributed by atoms with Gasteiger partial charge in [-0.3, -0.25) is 0 Å². The predicted octanol–water partition coefficient (Wildman–Crippen LogP) is 9.34. The van der Waals surface area contributed by atoms with Crippen LogP contribution in [-0.4, -0.2) is 0 Å².